The fourth-order valence-electron chi connectivity index (χ4n) is 2.45. The Morgan fingerprint density at radius 3 is 2.70 bits per heavy atom. The van der Waals surface area contributed by atoms with E-state index in [0.29, 0.717) is 18.7 Å². The summed E-state index contributed by atoms with van der Waals surface area (Å²) in [4.78, 5) is 14.0. The number of carbonyl (C=O) groups excluding carboxylic acids is 1. The molecule has 0 aliphatic carbocycles. The van der Waals surface area contributed by atoms with Crippen LogP contribution in [-0.2, 0) is 14.6 Å². The first-order valence-electron chi connectivity index (χ1n) is 7.74. The second-order valence-corrected chi connectivity index (χ2v) is 9.45. The molecule has 0 saturated carbocycles. The number of likely N-dealkylation sites (N-methyl/N-ethyl adjacent to an activating group) is 1. The van der Waals surface area contributed by atoms with Crippen molar-refractivity contribution in [2.75, 3.05) is 35.8 Å². The molecule has 1 heterocycles. The number of para-hydroxylation sites is 1. The van der Waals surface area contributed by atoms with E-state index in [2.05, 4.69) is 17.1 Å². The number of hydrogen-bond donors (Lipinski definition) is 1. The zero-order valence-electron chi connectivity index (χ0n) is 13.6. The number of thioether (sulfide) groups is 1. The maximum absolute atomic E-state index is 11.9. The average Bonchev–Trinajstić information content (AvgIpc) is 2.89. The summed E-state index contributed by atoms with van der Waals surface area (Å²) in [6.45, 7) is 2.62. The summed E-state index contributed by atoms with van der Waals surface area (Å²) in [7, 11) is -0.866. The van der Waals surface area contributed by atoms with Crippen LogP contribution in [0.5, 0.6) is 0 Å². The first-order valence-corrected chi connectivity index (χ1v) is 10.6. The van der Waals surface area contributed by atoms with Gasteiger partial charge < -0.3 is 10.2 Å². The van der Waals surface area contributed by atoms with E-state index < -0.39 is 9.84 Å². The van der Waals surface area contributed by atoms with Crippen molar-refractivity contribution in [2.45, 2.75) is 24.6 Å². The molecule has 0 spiro atoms. The van der Waals surface area contributed by atoms with E-state index >= 15 is 0 Å². The van der Waals surface area contributed by atoms with Crippen LogP contribution in [0, 0.1) is 0 Å². The van der Waals surface area contributed by atoms with Gasteiger partial charge in [0.25, 0.3) is 0 Å². The molecular formula is C16H24N2O3S2. The Labute approximate surface area is 142 Å². The summed E-state index contributed by atoms with van der Waals surface area (Å²) in [5, 5.41) is 2.99. The Morgan fingerprint density at radius 2 is 2.09 bits per heavy atom. The topological polar surface area (TPSA) is 66.5 Å². The summed E-state index contributed by atoms with van der Waals surface area (Å²) in [6, 6.07) is 10.2. The van der Waals surface area contributed by atoms with Gasteiger partial charge in [-0.1, -0.05) is 18.2 Å². The smallest absolute Gasteiger partial charge is 0.230 e. The normalized spacial score (nSPS) is 20.9. The number of nitrogens with zero attached hydrogens (tertiary/aromatic N) is 1. The highest BCUT2D eigenvalue weighted by Gasteiger charge is 2.28. The molecule has 1 aliphatic rings. The van der Waals surface area contributed by atoms with Crippen LogP contribution >= 0.6 is 11.8 Å². The highest BCUT2D eigenvalue weighted by molar-refractivity contribution is 8.02. The number of anilines is 1. The van der Waals surface area contributed by atoms with Gasteiger partial charge in [0, 0.05) is 30.6 Å². The third-order valence-corrected chi connectivity index (χ3v) is 7.34. The first kappa shape index (κ1) is 18.1. The Morgan fingerprint density at radius 1 is 1.39 bits per heavy atom. The molecule has 1 aromatic rings. The third-order valence-electron chi connectivity index (χ3n) is 4.06. The Kier molecular flexibility index (Phi) is 6.35. The maximum atomic E-state index is 11.9. The van der Waals surface area contributed by atoms with E-state index in [1.807, 2.05) is 37.4 Å². The highest BCUT2D eigenvalue weighted by atomic mass is 32.2. The number of carbonyl (C=O) groups is 1. The van der Waals surface area contributed by atoms with E-state index in [9.17, 15) is 13.2 Å². The molecule has 128 valence electrons. The Bertz CT molecular complexity index is 619. The predicted molar refractivity (Wildman–Crippen MR) is 96.8 cm³/mol. The van der Waals surface area contributed by atoms with Crippen LogP contribution in [0.1, 0.15) is 13.3 Å². The standard InChI is InChI=1S/C16H24N2O3S2/c1-13(18(2)14-6-4-3-5-7-14)10-17-16(19)11-22-15-8-9-23(20,21)12-15/h3-7,13,15H,8-12H2,1-2H3,(H,17,19)/t13-,15+/m0/s1. The number of amides is 1. The molecule has 0 bridgehead atoms. The molecule has 0 aromatic heterocycles. The van der Waals surface area contributed by atoms with E-state index in [1.165, 1.54) is 11.8 Å². The summed E-state index contributed by atoms with van der Waals surface area (Å²) in [5.41, 5.74) is 1.11. The van der Waals surface area contributed by atoms with Crippen molar-refractivity contribution < 1.29 is 13.2 Å². The second kappa shape index (κ2) is 8.06. The van der Waals surface area contributed by atoms with E-state index in [0.717, 1.165) is 5.69 Å². The van der Waals surface area contributed by atoms with Gasteiger partial charge in [-0.25, -0.2) is 8.42 Å². The number of benzene rings is 1. The Hall–Kier alpha value is -1.21. The van der Waals surface area contributed by atoms with Crippen LogP contribution in [-0.4, -0.2) is 56.5 Å². The van der Waals surface area contributed by atoms with Crippen LogP contribution in [0.3, 0.4) is 0 Å². The number of sulfone groups is 1. The molecule has 1 saturated heterocycles. The van der Waals surface area contributed by atoms with Gasteiger partial charge in [-0.15, -0.1) is 11.8 Å². The molecule has 2 atom stereocenters. The summed E-state index contributed by atoms with van der Waals surface area (Å²) >= 11 is 1.45. The minimum Gasteiger partial charge on any atom is -0.370 e. The third kappa shape index (κ3) is 5.73. The quantitative estimate of drug-likeness (QED) is 0.803. The molecule has 1 aliphatic heterocycles. The lowest BCUT2D eigenvalue weighted by Crippen LogP contribution is -2.41. The maximum Gasteiger partial charge on any atom is 0.230 e. The molecule has 1 amide bonds. The molecule has 1 N–H and O–H groups in total. The lowest BCUT2D eigenvalue weighted by molar-refractivity contribution is -0.118. The van der Waals surface area contributed by atoms with Gasteiger partial charge >= 0.3 is 0 Å². The first-order chi connectivity index (χ1) is 10.9. The number of hydrogen-bond acceptors (Lipinski definition) is 5. The van der Waals surface area contributed by atoms with Gasteiger partial charge in [0.15, 0.2) is 9.84 Å². The molecule has 2 rings (SSSR count). The number of rotatable bonds is 7. The van der Waals surface area contributed by atoms with Crippen molar-refractivity contribution in [1.29, 1.82) is 0 Å². The fourth-order valence-corrected chi connectivity index (χ4v) is 5.93. The zero-order valence-corrected chi connectivity index (χ0v) is 15.2. The van der Waals surface area contributed by atoms with Crippen LogP contribution in [0.15, 0.2) is 30.3 Å². The van der Waals surface area contributed by atoms with Gasteiger partial charge in [0.05, 0.1) is 17.3 Å². The van der Waals surface area contributed by atoms with Gasteiger partial charge in [0.2, 0.25) is 5.91 Å². The van der Waals surface area contributed by atoms with Crippen molar-refractivity contribution in [2.24, 2.45) is 0 Å². The molecule has 5 nitrogen and oxygen atoms in total. The SMILES string of the molecule is C[C@@H](CNC(=O)CS[C@@H]1CCS(=O)(=O)C1)N(C)c1ccccc1. The summed E-state index contributed by atoms with van der Waals surface area (Å²) < 4.78 is 22.8. The van der Waals surface area contributed by atoms with Crippen molar-refractivity contribution in [3.63, 3.8) is 0 Å². The van der Waals surface area contributed by atoms with E-state index in [1.54, 1.807) is 0 Å². The van der Waals surface area contributed by atoms with Crippen LogP contribution in [0.4, 0.5) is 5.69 Å². The highest BCUT2D eigenvalue weighted by Crippen LogP contribution is 2.24. The van der Waals surface area contributed by atoms with Gasteiger partial charge in [-0.05, 0) is 25.5 Å². The van der Waals surface area contributed by atoms with Crippen molar-refractivity contribution >= 4 is 33.2 Å². The largest absolute Gasteiger partial charge is 0.370 e. The minimum absolute atomic E-state index is 0.0346. The van der Waals surface area contributed by atoms with Crippen LogP contribution in [0.25, 0.3) is 0 Å². The van der Waals surface area contributed by atoms with Gasteiger partial charge in [-0.3, -0.25) is 4.79 Å². The van der Waals surface area contributed by atoms with Crippen LogP contribution in [0.2, 0.25) is 0 Å². The van der Waals surface area contributed by atoms with Crippen LogP contribution < -0.4 is 10.2 Å². The molecule has 23 heavy (non-hydrogen) atoms. The molecule has 1 aromatic carbocycles. The monoisotopic (exact) mass is 356 g/mol. The molecular weight excluding hydrogens is 332 g/mol. The molecule has 7 heteroatoms. The second-order valence-electron chi connectivity index (χ2n) is 5.94. The minimum atomic E-state index is -2.87. The number of nitrogens with one attached hydrogen (secondary N) is 1. The molecule has 0 unspecified atom stereocenters. The predicted octanol–water partition coefficient (Wildman–Crippen LogP) is 1.55. The van der Waals surface area contributed by atoms with Gasteiger partial charge in [-0.2, -0.15) is 0 Å². The fraction of sp³-hybridized carbons (Fsp3) is 0.562. The van der Waals surface area contributed by atoms with Crippen molar-refractivity contribution in [3.05, 3.63) is 30.3 Å². The molecule has 0 radical (unpaired) electrons. The van der Waals surface area contributed by atoms with Crippen molar-refractivity contribution in [3.8, 4) is 0 Å². The summed E-state index contributed by atoms with van der Waals surface area (Å²) in [6.07, 6.45) is 0.660. The lowest BCUT2D eigenvalue weighted by atomic mass is 10.2. The van der Waals surface area contributed by atoms with E-state index in [-0.39, 0.29) is 28.7 Å². The molecule has 1 fully saturated rings. The lowest BCUT2D eigenvalue weighted by Gasteiger charge is -2.27. The van der Waals surface area contributed by atoms with Crippen molar-refractivity contribution in [1.82, 2.24) is 5.32 Å². The Balaban J connectivity index is 1.70. The van der Waals surface area contributed by atoms with E-state index in [4.69, 9.17) is 0 Å². The summed E-state index contributed by atoms with van der Waals surface area (Å²) in [5.74, 6) is 0.748. The van der Waals surface area contributed by atoms with Gasteiger partial charge in [0.1, 0.15) is 0 Å². The zero-order chi connectivity index (χ0) is 16.9. The average molecular weight is 357 g/mol.